The van der Waals surface area contributed by atoms with E-state index < -0.39 is 314 Å². The largest absolute Gasteiger partial charge is 0.394 e. The highest BCUT2D eigenvalue weighted by Crippen LogP contribution is 2.41. The van der Waals surface area contributed by atoms with E-state index in [1.807, 2.05) is 0 Å². The third-order valence-corrected chi connectivity index (χ3v) is 19.7. The van der Waals surface area contributed by atoms with Crippen LogP contribution in [0.5, 0.6) is 0 Å². The maximum Gasteiger partial charge on any atom is 0.297 e. The van der Waals surface area contributed by atoms with Crippen molar-refractivity contribution in [2.75, 3.05) is 52.9 Å². The standard InChI is InChI=1S/C55H86O42S/c1-14-2-4-15(5-3-14)98(79,80)97-47-38(78)46-23(13-63)88-55(47)96-45-22(12-62)87-53(37(77)30(45)70)94-43-20(10-60)85-51(35(75)28(43)68)92-41-18(8-58)83-49(33(73)26(41)66)90-39-16(6-56)81-48(31(71)24(39)64)89-40-17(7-57)82-50(32(72)25(40)65)91-42-19(9-59)84-52(34(74)27(42)67)93-44-21(11-61)86-54(95-46)36(76)29(44)69/h2-5,16-78H,6-13H2,1H3/t16-,17-,18-,19-,20-,21-,22-,23-,24-,25-,26-,27-,28-,29-,30-,31-,32-,33-,34-,35-,36-,37-,38+,39-,40-,41-,42-,43-,44-,45-,46-,47-,48-,49-,50+,51-,52-,53-,54-,55-/m1/s1. The van der Waals surface area contributed by atoms with Gasteiger partial charge in [-0.2, -0.15) is 8.42 Å². The van der Waals surface area contributed by atoms with Crippen molar-refractivity contribution in [2.24, 2.45) is 0 Å². The molecule has 23 N–H and O–H groups in total. The van der Waals surface area contributed by atoms with Crippen LogP contribution in [0.15, 0.2) is 29.2 Å². The van der Waals surface area contributed by atoms with Crippen molar-refractivity contribution < 1.29 is 206 Å². The quantitative estimate of drug-likeness (QED) is 0.0915. The number of aliphatic hydroxyl groups is 23. The third kappa shape index (κ3) is 15.6. The maximum atomic E-state index is 14.0. The van der Waals surface area contributed by atoms with Crippen LogP contribution in [-0.2, 0) is 90.1 Å². The molecule has 1 aromatic rings. The van der Waals surface area contributed by atoms with Crippen molar-refractivity contribution in [1.82, 2.24) is 0 Å². The molecule has 0 spiro atoms. The van der Waals surface area contributed by atoms with Gasteiger partial charge in [0.25, 0.3) is 10.1 Å². The second kappa shape index (κ2) is 32.9. The molecule has 21 fully saturated rings. The van der Waals surface area contributed by atoms with Crippen LogP contribution in [0.3, 0.4) is 0 Å². The fourth-order valence-electron chi connectivity index (χ4n) is 12.9. The van der Waals surface area contributed by atoms with Gasteiger partial charge in [0.1, 0.15) is 189 Å². The summed E-state index contributed by atoms with van der Waals surface area (Å²) in [4.78, 5) is -0.529. The van der Waals surface area contributed by atoms with Gasteiger partial charge in [0.15, 0.2) is 56.4 Å². The average Bonchev–Trinajstić information content (AvgIpc) is 0.775. The first-order valence-corrected chi connectivity index (χ1v) is 32.5. The van der Waals surface area contributed by atoms with Gasteiger partial charge in [0.2, 0.25) is 0 Å². The summed E-state index contributed by atoms with van der Waals surface area (Å²) in [6.45, 7) is -7.46. The molecule has 40 atom stereocenters. The van der Waals surface area contributed by atoms with Gasteiger partial charge in [-0.3, -0.25) is 4.18 Å². The topological polar surface area (TPSA) is 656 Å². The molecule has 0 aromatic heterocycles. The summed E-state index contributed by atoms with van der Waals surface area (Å²) in [5.74, 6) is 0. The van der Waals surface area contributed by atoms with Crippen molar-refractivity contribution >= 4 is 10.1 Å². The van der Waals surface area contributed by atoms with E-state index in [-0.39, 0.29) is 0 Å². The van der Waals surface area contributed by atoms with Crippen LogP contribution in [0, 0.1) is 6.92 Å². The van der Waals surface area contributed by atoms with Crippen molar-refractivity contribution in [3.63, 3.8) is 0 Å². The van der Waals surface area contributed by atoms with E-state index in [1.165, 1.54) is 12.1 Å². The molecule has 0 aliphatic carbocycles. The Morgan fingerprint density at radius 2 is 0.439 bits per heavy atom. The number of hydrogen-bond donors (Lipinski definition) is 23. The lowest BCUT2D eigenvalue weighted by Gasteiger charge is -2.50. The summed E-state index contributed by atoms with van der Waals surface area (Å²) in [6, 6.07) is 4.96. The molecule has 0 saturated carbocycles. The number of aliphatic hydroxyl groups excluding tert-OH is 23. The fourth-order valence-corrected chi connectivity index (χ4v) is 14.0. The molecule has 42 nitrogen and oxygen atoms in total. The van der Waals surface area contributed by atoms with Gasteiger partial charge in [0.05, 0.1) is 57.8 Å². The summed E-state index contributed by atoms with van der Waals surface area (Å²) < 4.78 is 126. The van der Waals surface area contributed by atoms with Crippen LogP contribution in [-0.4, -0.2) is 424 Å². The van der Waals surface area contributed by atoms with Crippen molar-refractivity contribution in [2.45, 2.75) is 257 Å². The zero-order valence-corrected chi connectivity index (χ0v) is 52.3. The summed E-state index contributed by atoms with van der Waals surface area (Å²) in [6.07, 6.45) is -85.2. The Morgan fingerprint density at radius 3 is 0.633 bits per heavy atom. The van der Waals surface area contributed by atoms with E-state index in [2.05, 4.69) is 0 Å². The molecular weight excluding hydrogens is 1360 g/mol. The number of hydrogen-bond acceptors (Lipinski definition) is 42. The van der Waals surface area contributed by atoms with E-state index >= 15 is 0 Å². The monoisotopic (exact) mass is 1450 g/mol. The number of rotatable bonds is 11. The molecule has 0 unspecified atom stereocenters. The Morgan fingerprint density at radius 1 is 0.265 bits per heavy atom. The first kappa shape index (κ1) is 78.2. The predicted molar refractivity (Wildman–Crippen MR) is 298 cm³/mol. The summed E-state index contributed by atoms with van der Waals surface area (Å²) in [5.41, 5.74) is 0.580. The van der Waals surface area contributed by atoms with E-state index in [0.29, 0.717) is 5.56 Å². The molecule has 564 valence electrons. The fraction of sp³-hybridized carbons (Fsp3) is 0.891. The Labute approximate surface area is 554 Å². The Bertz CT molecular complexity index is 2760. The summed E-state index contributed by atoms with van der Waals surface area (Å²) >= 11 is 0. The molecule has 21 saturated heterocycles. The van der Waals surface area contributed by atoms with Gasteiger partial charge in [-0.25, -0.2) is 0 Å². The van der Waals surface area contributed by atoms with Gasteiger partial charge < -0.3 is 193 Å². The van der Waals surface area contributed by atoms with Gasteiger partial charge in [0, 0.05) is 0 Å². The smallest absolute Gasteiger partial charge is 0.297 e. The van der Waals surface area contributed by atoms with Crippen molar-refractivity contribution in [1.29, 1.82) is 0 Å². The lowest BCUT2D eigenvalue weighted by atomic mass is 9.94. The van der Waals surface area contributed by atoms with Gasteiger partial charge in [-0.05, 0) is 19.1 Å². The molecule has 21 aliphatic rings. The van der Waals surface area contributed by atoms with Crippen LogP contribution in [0.1, 0.15) is 5.56 Å². The van der Waals surface area contributed by atoms with Gasteiger partial charge >= 0.3 is 0 Å². The van der Waals surface area contributed by atoms with Crippen LogP contribution in [0.2, 0.25) is 0 Å². The first-order chi connectivity index (χ1) is 46.6. The highest BCUT2D eigenvalue weighted by atomic mass is 32.2. The normalized spacial score (nSPS) is 51.1. The molecule has 0 amide bonds. The van der Waals surface area contributed by atoms with Crippen LogP contribution in [0.4, 0.5) is 0 Å². The Balaban J connectivity index is 0.950. The van der Waals surface area contributed by atoms with Gasteiger partial charge in [-0.15, -0.1) is 0 Å². The molecule has 43 heteroatoms. The van der Waals surface area contributed by atoms with Crippen molar-refractivity contribution in [3.05, 3.63) is 29.8 Å². The first-order valence-electron chi connectivity index (χ1n) is 31.1. The lowest BCUT2D eigenvalue weighted by Crippen LogP contribution is -2.69. The predicted octanol–water partition coefficient (Wildman–Crippen LogP) is -15.7. The zero-order chi connectivity index (χ0) is 71.3. The highest BCUT2D eigenvalue weighted by molar-refractivity contribution is 7.86. The third-order valence-electron chi connectivity index (χ3n) is 18.4. The zero-order valence-electron chi connectivity index (χ0n) is 51.5. The molecule has 16 bridgehead atoms. The van der Waals surface area contributed by atoms with Crippen LogP contribution >= 0.6 is 0 Å². The number of aryl methyl sites for hydroxylation is 1. The number of ether oxygens (including phenoxy) is 16. The molecule has 0 radical (unpaired) electrons. The minimum absolute atomic E-state index is 0.529. The molecule has 1 aromatic carbocycles. The minimum atomic E-state index is -5.07. The molecule has 98 heavy (non-hydrogen) atoms. The highest BCUT2D eigenvalue weighted by Gasteiger charge is 2.61. The van der Waals surface area contributed by atoms with Crippen LogP contribution < -0.4 is 0 Å². The second-order valence-electron chi connectivity index (χ2n) is 24.8. The summed E-state index contributed by atoms with van der Waals surface area (Å²) in [5, 5.41) is 258. The molecule has 21 aliphatic heterocycles. The molecule has 22 rings (SSSR count). The Kier molecular flexibility index (Phi) is 26.3. The Hall–Kier alpha value is -2.43. The molecule has 21 heterocycles. The SMILES string of the molecule is Cc1ccc(S(=O)(=O)O[C@H]2[C@H]3O[C@H]4[C@H](O)[C@@H](O)[C@@H](O[C@H]5[C@H](O)[C@@H](O)[C@@H](O[C@H]6[C@H](O)[C@@H](O)[C@@H](O[C@H]7[C@H](O)[C@@H](O)[C@@H](O[C@H]8[C@H](O)[C@@H](O)[C@H](O[C@H]9[C@H](O)[C@@H](O)[C@@H](O[C@H]%10[C@H](O)[C@@H](O)[C@@H](O[C@@H]([C@@H]2O)[C@@H](CO)O3)O[C@@H]%10CO)O[C@@H]9CO)O[C@@H]8CO)O[C@@H]7CO)O[C@@H]6CO)O[C@@H]5CO)O[C@@H]4CO)cc1. The summed E-state index contributed by atoms with van der Waals surface area (Å²) in [7, 11) is -5.07. The maximum absolute atomic E-state index is 14.0. The second-order valence-corrected chi connectivity index (χ2v) is 26.4. The van der Waals surface area contributed by atoms with Gasteiger partial charge in [-0.1, -0.05) is 17.7 Å². The number of benzene rings is 1. The van der Waals surface area contributed by atoms with E-state index in [1.54, 1.807) is 6.92 Å². The minimum Gasteiger partial charge on any atom is -0.394 e. The average molecular weight is 1450 g/mol. The molecular formula is C55H86O42S. The lowest BCUT2D eigenvalue weighted by molar-refractivity contribution is -0.403. The van der Waals surface area contributed by atoms with E-state index in [0.717, 1.165) is 12.1 Å². The van der Waals surface area contributed by atoms with Crippen LogP contribution in [0.25, 0.3) is 0 Å². The van der Waals surface area contributed by atoms with E-state index in [4.69, 9.17) is 80.0 Å². The van der Waals surface area contributed by atoms with Crippen molar-refractivity contribution in [3.8, 4) is 0 Å². The van der Waals surface area contributed by atoms with E-state index in [9.17, 15) is 126 Å².